The Balaban J connectivity index is 2.04. The minimum atomic E-state index is -0.0860. The molecule has 0 bridgehead atoms. The van der Waals surface area contributed by atoms with Crippen LogP contribution < -0.4 is 0 Å². The first-order valence-corrected chi connectivity index (χ1v) is 5.96. The highest BCUT2D eigenvalue weighted by molar-refractivity contribution is 5.26. The maximum absolute atomic E-state index is 13.6. The van der Waals surface area contributed by atoms with Gasteiger partial charge in [0.15, 0.2) is 0 Å². The number of halogens is 1. The van der Waals surface area contributed by atoms with E-state index in [1.54, 1.807) is 6.07 Å². The minimum Gasteiger partial charge on any atom is -0.207 e. The second-order valence-electron chi connectivity index (χ2n) is 4.58. The molecule has 0 aliphatic heterocycles. The Labute approximate surface area is 102 Å². The highest BCUT2D eigenvalue weighted by Crippen LogP contribution is 2.13. The summed E-state index contributed by atoms with van der Waals surface area (Å²) in [5.74, 6) is -0.0860. The molecule has 88 valence electrons. The third-order valence-corrected chi connectivity index (χ3v) is 3.01. The number of rotatable bonds is 3. The van der Waals surface area contributed by atoms with Crippen LogP contribution in [0, 0.1) is 19.7 Å². The summed E-state index contributed by atoms with van der Waals surface area (Å²) in [6.07, 6.45) is 1.65. The van der Waals surface area contributed by atoms with Gasteiger partial charge in [0.2, 0.25) is 0 Å². The summed E-state index contributed by atoms with van der Waals surface area (Å²) >= 11 is 0. The van der Waals surface area contributed by atoms with Crippen molar-refractivity contribution in [3.63, 3.8) is 0 Å². The lowest BCUT2D eigenvalue weighted by atomic mass is 10.0. The van der Waals surface area contributed by atoms with Crippen LogP contribution in [0.2, 0.25) is 0 Å². The summed E-state index contributed by atoms with van der Waals surface area (Å²) in [5.41, 5.74) is 4.30. The number of benzene rings is 2. The molecule has 0 N–H and O–H groups in total. The fourth-order valence-electron chi connectivity index (χ4n) is 1.89. The van der Waals surface area contributed by atoms with Gasteiger partial charge in [-0.15, -0.1) is 0 Å². The molecule has 1 heteroatoms. The molecule has 0 saturated heterocycles. The van der Waals surface area contributed by atoms with E-state index in [2.05, 4.69) is 31.2 Å². The van der Waals surface area contributed by atoms with Gasteiger partial charge in [-0.1, -0.05) is 42.0 Å². The Morgan fingerprint density at radius 3 is 2.12 bits per heavy atom. The molecule has 17 heavy (non-hydrogen) atoms. The highest BCUT2D eigenvalue weighted by atomic mass is 19.1. The first kappa shape index (κ1) is 11.8. The molecule has 0 spiro atoms. The molecule has 2 aromatic carbocycles. The average Bonchev–Trinajstić information content (AvgIpc) is 2.30. The highest BCUT2D eigenvalue weighted by Gasteiger charge is 2.02. The van der Waals surface area contributed by atoms with Crippen LogP contribution in [0.3, 0.4) is 0 Å². The summed E-state index contributed by atoms with van der Waals surface area (Å²) in [6.45, 7) is 3.98. The smallest absolute Gasteiger partial charge is 0.126 e. The molecular weight excluding hydrogens is 211 g/mol. The van der Waals surface area contributed by atoms with Gasteiger partial charge in [0, 0.05) is 0 Å². The zero-order valence-corrected chi connectivity index (χ0v) is 10.3. The zero-order valence-electron chi connectivity index (χ0n) is 10.3. The number of hydrogen-bond acceptors (Lipinski definition) is 0. The Hall–Kier alpha value is -1.63. The van der Waals surface area contributed by atoms with E-state index in [0.717, 1.165) is 24.0 Å². The van der Waals surface area contributed by atoms with Gasteiger partial charge in [-0.3, -0.25) is 0 Å². The van der Waals surface area contributed by atoms with Crippen molar-refractivity contribution in [2.24, 2.45) is 0 Å². The monoisotopic (exact) mass is 228 g/mol. The van der Waals surface area contributed by atoms with Crippen LogP contribution in [0.4, 0.5) is 4.39 Å². The number of hydrogen-bond donors (Lipinski definition) is 0. The van der Waals surface area contributed by atoms with Crippen molar-refractivity contribution in [1.29, 1.82) is 0 Å². The SMILES string of the molecule is Cc1ccc(CCc2ccc(C)cc2F)cc1. The van der Waals surface area contributed by atoms with Crippen molar-refractivity contribution in [3.05, 3.63) is 70.5 Å². The van der Waals surface area contributed by atoms with E-state index in [0.29, 0.717) is 0 Å². The van der Waals surface area contributed by atoms with Crippen LogP contribution in [-0.2, 0) is 12.8 Å². The van der Waals surface area contributed by atoms with E-state index in [1.165, 1.54) is 11.1 Å². The van der Waals surface area contributed by atoms with Gasteiger partial charge in [0.1, 0.15) is 5.82 Å². The van der Waals surface area contributed by atoms with Crippen LogP contribution in [0.25, 0.3) is 0 Å². The molecule has 0 heterocycles. The Morgan fingerprint density at radius 2 is 1.47 bits per heavy atom. The van der Waals surface area contributed by atoms with E-state index < -0.39 is 0 Å². The van der Waals surface area contributed by atoms with E-state index in [9.17, 15) is 4.39 Å². The van der Waals surface area contributed by atoms with Crippen molar-refractivity contribution < 1.29 is 4.39 Å². The number of aryl methyl sites for hydroxylation is 4. The summed E-state index contributed by atoms with van der Waals surface area (Å²) < 4.78 is 13.6. The molecule has 0 aromatic heterocycles. The maximum Gasteiger partial charge on any atom is 0.126 e. The molecule has 0 saturated carbocycles. The standard InChI is InChI=1S/C16H17F/c1-12-3-6-14(7-4-12)8-10-15-9-5-13(2)11-16(15)17/h3-7,9,11H,8,10H2,1-2H3. The van der Waals surface area contributed by atoms with Crippen LogP contribution >= 0.6 is 0 Å². The summed E-state index contributed by atoms with van der Waals surface area (Å²) in [6, 6.07) is 13.9. The Morgan fingerprint density at radius 1 is 0.824 bits per heavy atom. The lowest BCUT2D eigenvalue weighted by Gasteiger charge is -2.05. The topological polar surface area (TPSA) is 0 Å². The van der Waals surface area contributed by atoms with Crippen molar-refractivity contribution >= 4 is 0 Å². The third-order valence-electron chi connectivity index (χ3n) is 3.01. The van der Waals surface area contributed by atoms with Gasteiger partial charge in [-0.2, -0.15) is 0 Å². The molecule has 0 atom stereocenters. The Bertz CT molecular complexity index is 497. The van der Waals surface area contributed by atoms with Crippen LogP contribution in [0.15, 0.2) is 42.5 Å². The first-order valence-electron chi connectivity index (χ1n) is 5.96. The molecule has 0 unspecified atom stereocenters. The normalized spacial score (nSPS) is 10.5. The largest absolute Gasteiger partial charge is 0.207 e. The summed E-state index contributed by atoms with van der Waals surface area (Å²) in [4.78, 5) is 0. The molecule has 0 radical (unpaired) electrons. The van der Waals surface area contributed by atoms with Gasteiger partial charge in [0.25, 0.3) is 0 Å². The van der Waals surface area contributed by atoms with Gasteiger partial charge in [-0.05, 0) is 49.4 Å². The van der Waals surface area contributed by atoms with E-state index >= 15 is 0 Å². The van der Waals surface area contributed by atoms with Gasteiger partial charge >= 0.3 is 0 Å². The van der Waals surface area contributed by atoms with Gasteiger partial charge in [0.05, 0.1) is 0 Å². The van der Waals surface area contributed by atoms with Crippen molar-refractivity contribution in [2.75, 3.05) is 0 Å². The lowest BCUT2D eigenvalue weighted by Crippen LogP contribution is -1.95. The van der Waals surface area contributed by atoms with Gasteiger partial charge < -0.3 is 0 Å². The van der Waals surface area contributed by atoms with E-state index in [-0.39, 0.29) is 5.82 Å². The molecule has 2 aromatic rings. The van der Waals surface area contributed by atoms with Crippen LogP contribution in [0.1, 0.15) is 22.3 Å². The zero-order chi connectivity index (χ0) is 12.3. The minimum absolute atomic E-state index is 0.0860. The molecule has 0 nitrogen and oxygen atoms in total. The molecule has 0 amide bonds. The fraction of sp³-hybridized carbons (Fsp3) is 0.250. The first-order chi connectivity index (χ1) is 8.15. The average molecular weight is 228 g/mol. The van der Waals surface area contributed by atoms with Crippen LogP contribution in [0.5, 0.6) is 0 Å². The van der Waals surface area contributed by atoms with Crippen molar-refractivity contribution in [2.45, 2.75) is 26.7 Å². The second-order valence-corrected chi connectivity index (χ2v) is 4.58. The molecular formula is C16H17F. The van der Waals surface area contributed by atoms with E-state index in [4.69, 9.17) is 0 Å². The van der Waals surface area contributed by atoms with Crippen molar-refractivity contribution in [1.82, 2.24) is 0 Å². The maximum atomic E-state index is 13.6. The van der Waals surface area contributed by atoms with Crippen molar-refractivity contribution in [3.8, 4) is 0 Å². The lowest BCUT2D eigenvalue weighted by molar-refractivity contribution is 0.607. The fourth-order valence-corrected chi connectivity index (χ4v) is 1.89. The predicted octanol–water partition coefficient (Wildman–Crippen LogP) is 4.23. The van der Waals surface area contributed by atoms with E-state index in [1.807, 2.05) is 19.1 Å². The molecule has 2 rings (SSSR count). The quantitative estimate of drug-likeness (QED) is 0.737. The van der Waals surface area contributed by atoms with Gasteiger partial charge in [-0.25, -0.2) is 4.39 Å². The molecule has 0 aliphatic rings. The third kappa shape index (κ3) is 3.16. The van der Waals surface area contributed by atoms with Crippen LogP contribution in [-0.4, -0.2) is 0 Å². The summed E-state index contributed by atoms with van der Waals surface area (Å²) in [7, 11) is 0. The second kappa shape index (κ2) is 5.13. The molecule has 0 aliphatic carbocycles. The summed E-state index contributed by atoms with van der Waals surface area (Å²) in [5, 5.41) is 0. The Kier molecular flexibility index (Phi) is 3.58. The predicted molar refractivity (Wildman–Crippen MR) is 69.7 cm³/mol. The molecule has 0 fully saturated rings.